The van der Waals surface area contributed by atoms with E-state index in [-0.39, 0.29) is 38.0 Å². The Kier molecular flexibility index (Phi) is 18.3. The Bertz CT molecular complexity index is 935. The topological polar surface area (TPSA) is 132 Å². The van der Waals surface area contributed by atoms with Gasteiger partial charge in [0.05, 0.1) is 13.2 Å². The molecule has 38 heavy (non-hydrogen) atoms. The zero-order valence-corrected chi connectivity index (χ0v) is 23.1. The van der Waals surface area contributed by atoms with E-state index in [0.29, 0.717) is 55.7 Å². The average molecular weight is 531 g/mol. The van der Waals surface area contributed by atoms with Gasteiger partial charge in [-0.25, -0.2) is 0 Å². The Hall–Kier alpha value is -2.93. The zero-order chi connectivity index (χ0) is 28.0. The quantitative estimate of drug-likeness (QED) is 0.0607. The van der Waals surface area contributed by atoms with Gasteiger partial charge >= 0.3 is 0 Å². The highest BCUT2D eigenvalue weighted by atomic mass is 16.6. The molecule has 0 amide bonds. The Morgan fingerprint density at radius 2 is 1.89 bits per heavy atom. The molecular weight excluding hydrogens is 488 g/mol. The number of azide groups is 1. The summed E-state index contributed by atoms with van der Waals surface area (Å²) in [4.78, 5) is 27.1. The number of hydrogen-bond donors (Lipinski definition) is 1. The van der Waals surface area contributed by atoms with E-state index < -0.39 is 6.23 Å². The molecule has 10 nitrogen and oxygen atoms in total. The number of carbonyl (C=O) groups is 2. The second kappa shape index (κ2) is 21.1. The molecule has 1 unspecified atom stereocenters. The number of hydrogen-bond acceptors (Lipinski definition) is 8. The monoisotopic (exact) mass is 530 g/mol. The maximum Gasteiger partial charge on any atom is 0.170 e. The molecule has 210 valence electrons. The third-order valence-electron chi connectivity index (χ3n) is 4.97. The van der Waals surface area contributed by atoms with Gasteiger partial charge in [-0.05, 0) is 37.1 Å². The molecule has 0 aliphatic heterocycles. The molecule has 0 saturated carbocycles. The minimum atomic E-state index is -0.878. The molecule has 0 aromatic heterocycles. The van der Waals surface area contributed by atoms with Gasteiger partial charge in [0, 0.05) is 41.9 Å². The highest BCUT2D eigenvalue weighted by Crippen LogP contribution is 2.16. The Morgan fingerprint density at radius 3 is 2.63 bits per heavy atom. The molecule has 0 heterocycles. The Morgan fingerprint density at radius 1 is 1.08 bits per heavy atom. The fraction of sp³-hybridized carbons (Fsp3) is 0.643. The molecule has 0 radical (unpaired) electrons. The molecule has 0 fully saturated rings. The van der Waals surface area contributed by atoms with Gasteiger partial charge in [0.25, 0.3) is 0 Å². The average Bonchev–Trinajstić information content (AvgIpc) is 2.88. The van der Waals surface area contributed by atoms with Gasteiger partial charge in [-0.15, -0.1) is 0 Å². The van der Waals surface area contributed by atoms with E-state index >= 15 is 0 Å². The van der Waals surface area contributed by atoms with Gasteiger partial charge in [0.1, 0.15) is 25.6 Å². The van der Waals surface area contributed by atoms with Gasteiger partial charge < -0.3 is 24.3 Å². The molecule has 1 N–H and O–H groups in total. The number of rotatable bonds is 21. The molecule has 1 rings (SSSR count). The van der Waals surface area contributed by atoms with Crippen molar-refractivity contribution in [1.29, 1.82) is 0 Å². The van der Waals surface area contributed by atoms with Gasteiger partial charge in [-0.3, -0.25) is 9.59 Å². The van der Waals surface area contributed by atoms with Gasteiger partial charge in [-0.2, -0.15) is 0 Å². The first kappa shape index (κ1) is 33.1. The zero-order valence-electron chi connectivity index (χ0n) is 23.1. The van der Waals surface area contributed by atoms with Crippen LogP contribution in [0.2, 0.25) is 0 Å². The van der Waals surface area contributed by atoms with Crippen molar-refractivity contribution < 1.29 is 28.5 Å². The lowest BCUT2D eigenvalue weighted by Gasteiger charge is -2.14. The summed E-state index contributed by atoms with van der Waals surface area (Å²) >= 11 is 0. The van der Waals surface area contributed by atoms with E-state index in [1.165, 1.54) is 0 Å². The lowest BCUT2D eigenvalue weighted by molar-refractivity contribution is -0.124. The first-order valence-corrected chi connectivity index (χ1v) is 13.1. The summed E-state index contributed by atoms with van der Waals surface area (Å²) in [5.41, 5.74) is 9.38. The van der Waals surface area contributed by atoms with Crippen molar-refractivity contribution in [3.8, 4) is 17.6 Å². The number of benzene rings is 1. The second-order valence-electron chi connectivity index (χ2n) is 9.23. The largest absolute Gasteiger partial charge is 0.491 e. The number of nitrogens with zero attached hydrogens (tertiary/aromatic N) is 3. The van der Waals surface area contributed by atoms with Crippen LogP contribution < -0.4 is 10.1 Å². The molecule has 1 aromatic rings. The van der Waals surface area contributed by atoms with E-state index in [9.17, 15) is 9.59 Å². The Labute approximate surface area is 226 Å². The van der Waals surface area contributed by atoms with Crippen LogP contribution in [0.3, 0.4) is 0 Å². The van der Waals surface area contributed by atoms with Crippen LogP contribution in [-0.4, -0.2) is 70.0 Å². The number of nitrogens with one attached hydrogen (secondary N) is 1. The molecule has 1 aromatic carbocycles. The predicted octanol–water partition coefficient (Wildman–Crippen LogP) is 4.72. The van der Waals surface area contributed by atoms with Crippen LogP contribution in [0.5, 0.6) is 5.75 Å². The maximum atomic E-state index is 12.4. The van der Waals surface area contributed by atoms with Crippen LogP contribution in [0.4, 0.5) is 0 Å². The highest BCUT2D eigenvalue weighted by Gasteiger charge is 2.11. The predicted molar refractivity (Wildman–Crippen MR) is 146 cm³/mol. The smallest absolute Gasteiger partial charge is 0.170 e. The van der Waals surface area contributed by atoms with Crippen molar-refractivity contribution in [2.24, 2.45) is 11.0 Å². The number of ether oxygens (including phenoxy) is 4. The number of Topliss-reactive ketones (excluding diaryl/α,β-unsaturated/α-hetero) is 2. The van der Waals surface area contributed by atoms with Crippen LogP contribution in [0, 0.1) is 17.8 Å². The minimum Gasteiger partial charge on any atom is -0.491 e. The van der Waals surface area contributed by atoms with Crippen LogP contribution in [0.25, 0.3) is 10.4 Å². The van der Waals surface area contributed by atoms with E-state index in [2.05, 4.69) is 41.0 Å². The summed E-state index contributed by atoms with van der Waals surface area (Å²) in [6.45, 7) is 10.0. The van der Waals surface area contributed by atoms with Crippen molar-refractivity contribution in [3.63, 3.8) is 0 Å². The van der Waals surface area contributed by atoms with Gasteiger partial charge in [0.15, 0.2) is 17.8 Å². The summed E-state index contributed by atoms with van der Waals surface area (Å²) in [5, 5.41) is 6.88. The lowest BCUT2D eigenvalue weighted by atomic mass is 10.1. The number of carbonyl (C=O) groups excluding carboxylic acids is 2. The standard InChI is InChI=1S/C28H42N4O6/c1-22(2)9-7-15-35-16-8-11-25(33)20-36-17-18-37-28(31-32-29)21-38-26-12-5-10-24(19-26)27(34)13-6-14-30-23(3)4/h5,10,12,19,22-23,28,30H,6,8,11,13-18,20-21H2,1-4H3. The molecule has 10 heteroatoms. The molecule has 0 bridgehead atoms. The van der Waals surface area contributed by atoms with Crippen molar-refractivity contribution in [2.75, 3.05) is 46.2 Å². The summed E-state index contributed by atoms with van der Waals surface area (Å²) in [6.07, 6.45) is 1.30. The van der Waals surface area contributed by atoms with Crippen molar-refractivity contribution in [3.05, 3.63) is 40.3 Å². The third kappa shape index (κ3) is 17.5. The molecule has 0 aliphatic rings. The second-order valence-corrected chi connectivity index (χ2v) is 9.23. The normalized spacial score (nSPS) is 11.5. The third-order valence-corrected chi connectivity index (χ3v) is 4.97. The van der Waals surface area contributed by atoms with Crippen LogP contribution in [0.1, 0.15) is 63.7 Å². The fourth-order valence-electron chi connectivity index (χ4n) is 3.12. The van der Waals surface area contributed by atoms with E-state index in [4.69, 9.17) is 24.5 Å². The van der Waals surface area contributed by atoms with Crippen LogP contribution >= 0.6 is 0 Å². The molecule has 0 spiro atoms. The van der Waals surface area contributed by atoms with Crippen molar-refractivity contribution in [1.82, 2.24) is 5.32 Å². The summed E-state index contributed by atoms with van der Waals surface area (Å²) in [5.74, 6) is 6.75. The summed E-state index contributed by atoms with van der Waals surface area (Å²) in [6, 6.07) is 7.28. The molecular formula is C28H42N4O6. The summed E-state index contributed by atoms with van der Waals surface area (Å²) in [7, 11) is 0. The van der Waals surface area contributed by atoms with Crippen molar-refractivity contribution >= 4 is 11.6 Å². The molecule has 0 aliphatic carbocycles. The fourth-order valence-corrected chi connectivity index (χ4v) is 3.12. The van der Waals surface area contributed by atoms with E-state index in [1.807, 2.05) is 13.8 Å². The van der Waals surface area contributed by atoms with Crippen molar-refractivity contribution in [2.45, 2.75) is 65.6 Å². The van der Waals surface area contributed by atoms with Gasteiger partial charge in [-0.1, -0.05) is 56.8 Å². The molecule has 0 saturated heterocycles. The molecule has 1 atom stereocenters. The highest BCUT2D eigenvalue weighted by molar-refractivity contribution is 5.96. The van der Waals surface area contributed by atoms with Gasteiger partial charge in [0.2, 0.25) is 0 Å². The minimum absolute atomic E-state index is 0.0203. The van der Waals surface area contributed by atoms with E-state index in [1.54, 1.807) is 24.3 Å². The Balaban J connectivity index is 2.27. The summed E-state index contributed by atoms with van der Waals surface area (Å²) < 4.78 is 21.9. The number of ketones is 2. The lowest BCUT2D eigenvalue weighted by Crippen LogP contribution is -2.24. The van der Waals surface area contributed by atoms with Crippen LogP contribution in [0.15, 0.2) is 29.4 Å². The van der Waals surface area contributed by atoms with E-state index in [0.717, 1.165) is 13.0 Å². The first-order valence-electron chi connectivity index (χ1n) is 13.1. The first-order chi connectivity index (χ1) is 18.3. The SMILES string of the molecule is CC(C)C#CCOCCCC(=O)COCCOC(COc1cccc(C(=O)CCCNC(C)C)c1)N=[N+]=[N-]. The maximum absolute atomic E-state index is 12.4. The van der Waals surface area contributed by atoms with Crippen LogP contribution in [-0.2, 0) is 19.0 Å².